The molecule has 2 aliphatic heterocycles. The van der Waals surface area contributed by atoms with E-state index in [9.17, 15) is 29.4 Å². The Kier molecular flexibility index (Phi) is 15.8. The highest BCUT2D eigenvalue weighted by Gasteiger charge is 2.34. The van der Waals surface area contributed by atoms with Crippen molar-refractivity contribution in [3.63, 3.8) is 0 Å². The van der Waals surface area contributed by atoms with E-state index in [1.165, 1.54) is 26.9 Å². The maximum absolute atomic E-state index is 12.5. The molecule has 0 spiro atoms. The van der Waals surface area contributed by atoms with Crippen LogP contribution in [0.15, 0.2) is 128 Å². The van der Waals surface area contributed by atoms with E-state index in [1.807, 2.05) is 74.1 Å². The smallest absolute Gasteiger partial charge is 0.335 e. The summed E-state index contributed by atoms with van der Waals surface area (Å²) in [5.41, 5.74) is 16.3. The Hall–Kier alpha value is -9.97. The number of aryl methyl sites for hydroxylation is 4. The minimum absolute atomic E-state index is 0.0597. The number of nitrogens with one attached hydrogen (secondary N) is 2. The van der Waals surface area contributed by atoms with Crippen LogP contribution in [0.2, 0.25) is 0 Å². The van der Waals surface area contributed by atoms with E-state index in [4.69, 9.17) is 19.3 Å². The molecule has 18 heteroatoms. The van der Waals surface area contributed by atoms with Crippen LogP contribution in [0, 0.1) is 41.5 Å². The van der Waals surface area contributed by atoms with Crippen molar-refractivity contribution in [2.75, 3.05) is 32.0 Å². The molecule has 3 atom stereocenters. The summed E-state index contributed by atoms with van der Waals surface area (Å²) in [7, 11) is 4.47. The molecule has 9 aromatic rings. The third-order valence-corrected chi connectivity index (χ3v) is 15.8. The SMILES string of the molecule is COc1cc(C2CC(=O)Nc3c2cnn3-c2cc(C)cc(C)c2)cc(OC)c1O.COc1ccc(C2CC(=O)Nc3c2cnn3-c2cccc(C)c2C)cc1O.Cc1cccc(-n2ncc3c2CC(=O)CC3c2ccc(C(=O)O)cc2)c1C. The second kappa shape index (κ2) is 23.2. The van der Waals surface area contributed by atoms with Crippen LogP contribution in [0.4, 0.5) is 11.6 Å². The Morgan fingerprint density at radius 1 is 0.542 bits per heavy atom. The highest BCUT2D eigenvalue weighted by atomic mass is 16.5. The molecule has 3 aliphatic rings. The molecule has 5 N–H and O–H groups in total. The van der Waals surface area contributed by atoms with Gasteiger partial charge in [-0.15, -0.1) is 0 Å². The number of ether oxygens (including phenoxy) is 3. The Balaban J connectivity index is 0.000000139. The zero-order chi connectivity index (χ0) is 59.0. The molecule has 3 aromatic heterocycles. The number of carbonyl (C=O) groups excluding carboxylic acids is 3. The summed E-state index contributed by atoms with van der Waals surface area (Å²) in [5, 5.41) is 49.1. The summed E-state index contributed by atoms with van der Waals surface area (Å²) in [6, 6.07) is 33.7. The fourth-order valence-electron chi connectivity index (χ4n) is 11.3. The number of phenolic OH excluding ortho intramolecular Hbond substituents is 2. The fraction of sp³-hybridized carbons (Fsp3) is 0.246. The van der Waals surface area contributed by atoms with Crippen molar-refractivity contribution >= 4 is 35.2 Å². The summed E-state index contributed by atoms with van der Waals surface area (Å²) in [6.07, 6.45) is 6.77. The predicted octanol–water partition coefficient (Wildman–Crippen LogP) is 11.2. The monoisotopic (exact) mass is 1120 g/mol. The van der Waals surface area contributed by atoms with Gasteiger partial charge in [-0.2, -0.15) is 15.3 Å². The van der Waals surface area contributed by atoms with E-state index in [-0.39, 0.29) is 58.8 Å². The molecule has 0 bridgehead atoms. The van der Waals surface area contributed by atoms with E-state index in [1.54, 1.807) is 70.3 Å². The first-order chi connectivity index (χ1) is 39.8. The van der Waals surface area contributed by atoms with Crippen molar-refractivity contribution in [2.45, 2.75) is 85.0 Å². The lowest BCUT2D eigenvalue weighted by Gasteiger charge is -2.25. The van der Waals surface area contributed by atoms with Gasteiger partial charge in [0.2, 0.25) is 17.6 Å². The molecule has 424 valence electrons. The number of benzene rings is 6. The number of fused-ring (bicyclic) bond motifs is 3. The Morgan fingerprint density at radius 3 is 1.59 bits per heavy atom. The molecular weight excluding hydrogens is 1050 g/mol. The minimum Gasteiger partial charge on any atom is -0.504 e. The van der Waals surface area contributed by atoms with Gasteiger partial charge in [0.25, 0.3) is 0 Å². The van der Waals surface area contributed by atoms with E-state index in [0.717, 1.165) is 84.0 Å². The van der Waals surface area contributed by atoms with Crippen LogP contribution in [-0.4, -0.2) is 89.6 Å². The summed E-state index contributed by atoms with van der Waals surface area (Å²) in [5.74, 6) is 0.875. The first-order valence-corrected chi connectivity index (χ1v) is 27.1. The Morgan fingerprint density at radius 2 is 1.04 bits per heavy atom. The highest BCUT2D eigenvalue weighted by molar-refractivity contribution is 5.96. The van der Waals surface area contributed by atoms with Crippen molar-refractivity contribution in [3.05, 3.63) is 206 Å². The zero-order valence-corrected chi connectivity index (χ0v) is 47.6. The van der Waals surface area contributed by atoms with Gasteiger partial charge in [-0.25, -0.2) is 18.8 Å². The number of anilines is 2. The van der Waals surface area contributed by atoms with Crippen LogP contribution in [0.1, 0.15) is 120 Å². The van der Waals surface area contributed by atoms with E-state index in [2.05, 4.69) is 64.9 Å². The zero-order valence-electron chi connectivity index (χ0n) is 47.6. The van der Waals surface area contributed by atoms with Crippen LogP contribution in [-0.2, 0) is 20.8 Å². The van der Waals surface area contributed by atoms with Crippen LogP contribution >= 0.6 is 0 Å². The van der Waals surface area contributed by atoms with Crippen molar-refractivity contribution in [1.29, 1.82) is 0 Å². The van der Waals surface area contributed by atoms with E-state index >= 15 is 0 Å². The number of phenols is 2. The average Bonchev–Trinajstić information content (AvgIpc) is 4.31. The van der Waals surface area contributed by atoms with Gasteiger partial charge in [0.15, 0.2) is 23.0 Å². The quantitative estimate of drug-likeness (QED) is 0.0858. The number of aromatic carboxylic acids is 1. The molecule has 0 saturated heterocycles. The summed E-state index contributed by atoms with van der Waals surface area (Å²) in [4.78, 5) is 48.5. The van der Waals surface area contributed by atoms with E-state index < -0.39 is 5.97 Å². The molecule has 6 aromatic carbocycles. The van der Waals surface area contributed by atoms with Crippen LogP contribution in [0.3, 0.4) is 0 Å². The summed E-state index contributed by atoms with van der Waals surface area (Å²) in [6.45, 7) is 12.3. The number of aromatic hydroxyl groups is 2. The van der Waals surface area contributed by atoms with Gasteiger partial charge in [-0.3, -0.25) is 14.4 Å². The van der Waals surface area contributed by atoms with Crippen LogP contribution < -0.4 is 24.8 Å². The topological polar surface area (TPSA) is 234 Å². The lowest BCUT2D eigenvalue weighted by atomic mass is 9.81. The number of Topliss-reactive ketones (excluding diaryl/α,β-unsaturated/α-hetero) is 1. The first kappa shape index (κ1) is 56.3. The van der Waals surface area contributed by atoms with E-state index in [0.29, 0.717) is 48.1 Å². The first-order valence-electron chi connectivity index (χ1n) is 27.1. The van der Waals surface area contributed by atoms with Gasteiger partial charge >= 0.3 is 5.97 Å². The van der Waals surface area contributed by atoms with Crippen molar-refractivity contribution in [3.8, 4) is 45.8 Å². The third kappa shape index (κ3) is 11.1. The molecule has 3 unspecified atom stereocenters. The second-order valence-corrected chi connectivity index (χ2v) is 21.2. The van der Waals surface area contributed by atoms with Gasteiger partial charge < -0.3 is 40.2 Å². The molecule has 0 saturated carbocycles. The fourth-order valence-corrected chi connectivity index (χ4v) is 11.3. The summed E-state index contributed by atoms with van der Waals surface area (Å²) >= 11 is 0. The van der Waals surface area contributed by atoms with Gasteiger partial charge in [0, 0.05) is 60.1 Å². The number of carbonyl (C=O) groups is 4. The molecule has 5 heterocycles. The number of methoxy groups -OCH3 is 3. The number of hydrogen-bond donors (Lipinski definition) is 5. The third-order valence-electron chi connectivity index (χ3n) is 15.8. The van der Waals surface area contributed by atoms with Gasteiger partial charge in [0.05, 0.1) is 68.2 Å². The number of hydrogen-bond acceptors (Lipinski definition) is 12. The standard InChI is InChI=1S/C22H23N3O4.C22H20N2O3.C21H21N3O3/c1-12-5-13(2)7-15(6-12)25-22-17(11-23-25)16(10-20(26)24-22)14-8-18(28-3)21(27)19(9-14)29-4;1-13-4-3-5-20(14(13)2)24-21-11-17(25)10-18(19(21)12-23-24)15-6-8-16(9-7-15)22(26)27;1-12-5-4-6-17(13(12)2)24-21-16(11-22-24)15(10-20(26)23-21)14-7-8-19(27-3)18(25)9-14/h5-9,11,16,27H,10H2,1-4H3,(H,24,26);3-9,12,18H,10-11H2,1-2H3,(H,26,27);4-9,11,15,25H,10H2,1-3H3,(H,23,26). The van der Waals surface area contributed by atoms with Gasteiger partial charge in [0.1, 0.15) is 17.4 Å². The lowest BCUT2D eigenvalue weighted by molar-refractivity contribution is -0.119. The Bertz CT molecular complexity index is 3960. The number of carboxylic acid groups (broad SMARTS) is 1. The summed E-state index contributed by atoms with van der Waals surface area (Å²) < 4.78 is 21.1. The number of aromatic nitrogens is 6. The lowest BCUT2D eigenvalue weighted by Crippen LogP contribution is -2.24. The van der Waals surface area contributed by atoms with Crippen LogP contribution in [0.5, 0.6) is 28.7 Å². The number of carboxylic acids is 1. The number of nitrogens with zero attached hydrogens (tertiary/aromatic N) is 6. The minimum atomic E-state index is -0.954. The van der Waals surface area contributed by atoms with Crippen molar-refractivity contribution in [2.24, 2.45) is 0 Å². The number of ketones is 1. The molecule has 0 fully saturated rings. The largest absolute Gasteiger partial charge is 0.504 e. The van der Waals surface area contributed by atoms with Crippen molar-refractivity contribution < 1.29 is 48.7 Å². The predicted molar refractivity (Wildman–Crippen MR) is 314 cm³/mol. The second-order valence-electron chi connectivity index (χ2n) is 21.2. The number of rotatable bonds is 10. The molecule has 0 radical (unpaired) electrons. The Labute approximate surface area is 479 Å². The number of amides is 2. The molecule has 83 heavy (non-hydrogen) atoms. The molecule has 18 nitrogen and oxygen atoms in total. The molecule has 2 amide bonds. The van der Waals surface area contributed by atoms with Crippen LogP contribution in [0.25, 0.3) is 17.1 Å². The van der Waals surface area contributed by atoms with Gasteiger partial charge in [-0.05, 0) is 152 Å². The molecule has 1 aliphatic carbocycles. The normalized spacial score (nSPS) is 15.9. The maximum Gasteiger partial charge on any atom is 0.335 e. The van der Waals surface area contributed by atoms with Crippen molar-refractivity contribution in [1.82, 2.24) is 29.3 Å². The molecular formula is C65H64N8O10. The highest BCUT2D eigenvalue weighted by Crippen LogP contribution is 2.45. The average molecular weight is 1120 g/mol. The molecule has 12 rings (SSSR count). The van der Waals surface area contributed by atoms with Gasteiger partial charge in [-0.1, -0.05) is 48.5 Å². The maximum atomic E-state index is 12.5.